The first kappa shape index (κ1) is 13.1. The number of carbonyl (C=O) groups excluding carboxylic acids is 1. The lowest BCUT2D eigenvalue weighted by Crippen LogP contribution is -2.31. The maximum absolute atomic E-state index is 10.6. The van der Waals surface area contributed by atoms with Crippen LogP contribution in [0.2, 0.25) is 0 Å². The Morgan fingerprint density at radius 2 is 2.22 bits per heavy atom. The maximum atomic E-state index is 10.6. The van der Waals surface area contributed by atoms with Gasteiger partial charge in [0, 0.05) is 26.2 Å². The van der Waals surface area contributed by atoms with E-state index in [0.717, 1.165) is 24.0 Å². The number of ether oxygens (including phenoxy) is 2. The fraction of sp³-hybridized carbons (Fsp3) is 0.533. The molecule has 0 fully saturated rings. The summed E-state index contributed by atoms with van der Waals surface area (Å²) in [5.74, 6) is 0.499. The Morgan fingerprint density at radius 1 is 1.44 bits per heavy atom. The van der Waals surface area contributed by atoms with E-state index in [1.165, 1.54) is 5.56 Å². The van der Waals surface area contributed by atoms with E-state index in [2.05, 4.69) is 12.1 Å². The molecule has 1 aliphatic heterocycles. The second kappa shape index (κ2) is 5.11. The van der Waals surface area contributed by atoms with Crippen molar-refractivity contribution >= 4 is 6.29 Å². The molecule has 1 atom stereocenters. The van der Waals surface area contributed by atoms with E-state index < -0.39 is 5.79 Å². The van der Waals surface area contributed by atoms with Crippen LogP contribution in [0, 0.1) is 6.92 Å². The summed E-state index contributed by atoms with van der Waals surface area (Å²) in [4.78, 5) is 10.6. The van der Waals surface area contributed by atoms with Gasteiger partial charge in [-0.3, -0.25) is 0 Å². The van der Waals surface area contributed by atoms with Crippen LogP contribution in [0.4, 0.5) is 0 Å². The number of aldehydes is 1. The highest BCUT2D eigenvalue weighted by molar-refractivity contribution is 5.50. The molecule has 0 amide bonds. The monoisotopic (exact) mass is 248 g/mol. The van der Waals surface area contributed by atoms with Crippen molar-refractivity contribution < 1.29 is 14.3 Å². The average Bonchev–Trinajstić information content (AvgIpc) is 2.41. The van der Waals surface area contributed by atoms with E-state index in [0.29, 0.717) is 13.0 Å². The van der Waals surface area contributed by atoms with Crippen molar-refractivity contribution in [1.82, 2.24) is 0 Å². The van der Waals surface area contributed by atoms with Crippen LogP contribution in [-0.4, -0.2) is 18.7 Å². The third kappa shape index (κ3) is 2.91. The smallest absolute Gasteiger partial charge is 0.204 e. The first-order chi connectivity index (χ1) is 8.52. The summed E-state index contributed by atoms with van der Waals surface area (Å²) in [6.45, 7) is 6.47. The molecular formula is C15H20O3. The van der Waals surface area contributed by atoms with Crippen LogP contribution >= 0.6 is 0 Å². The molecule has 0 aliphatic carbocycles. The molecule has 1 aliphatic rings. The third-order valence-corrected chi connectivity index (χ3v) is 3.23. The summed E-state index contributed by atoms with van der Waals surface area (Å²) in [5.41, 5.74) is 2.31. The molecule has 0 N–H and O–H groups in total. The van der Waals surface area contributed by atoms with Crippen molar-refractivity contribution in [3.05, 3.63) is 29.3 Å². The van der Waals surface area contributed by atoms with Crippen molar-refractivity contribution in [3.8, 4) is 5.75 Å². The molecule has 0 saturated heterocycles. The second-order valence-electron chi connectivity index (χ2n) is 5.30. The van der Waals surface area contributed by atoms with Crippen LogP contribution in [0.3, 0.4) is 0 Å². The van der Waals surface area contributed by atoms with E-state index in [9.17, 15) is 4.79 Å². The highest BCUT2D eigenvalue weighted by atomic mass is 16.7. The molecule has 0 radical (unpaired) electrons. The van der Waals surface area contributed by atoms with E-state index >= 15 is 0 Å². The van der Waals surface area contributed by atoms with Crippen molar-refractivity contribution in [1.29, 1.82) is 0 Å². The van der Waals surface area contributed by atoms with Gasteiger partial charge in [-0.2, -0.15) is 0 Å². The normalized spacial score (nSPS) is 21.6. The van der Waals surface area contributed by atoms with Gasteiger partial charge in [-0.15, -0.1) is 0 Å². The maximum Gasteiger partial charge on any atom is 0.204 e. The minimum absolute atomic E-state index is 0.229. The largest absolute Gasteiger partial charge is 0.463 e. The number of benzene rings is 1. The van der Waals surface area contributed by atoms with Gasteiger partial charge in [0.1, 0.15) is 12.0 Å². The van der Waals surface area contributed by atoms with Crippen molar-refractivity contribution in [2.75, 3.05) is 6.61 Å². The van der Waals surface area contributed by atoms with Gasteiger partial charge in [0.25, 0.3) is 0 Å². The summed E-state index contributed by atoms with van der Waals surface area (Å²) >= 11 is 0. The fourth-order valence-electron chi connectivity index (χ4n) is 2.26. The minimum Gasteiger partial charge on any atom is -0.463 e. The lowest BCUT2D eigenvalue weighted by Gasteiger charge is -2.24. The van der Waals surface area contributed by atoms with Gasteiger partial charge in [-0.05, 0) is 30.5 Å². The first-order valence-electron chi connectivity index (χ1n) is 6.39. The van der Waals surface area contributed by atoms with Crippen LogP contribution < -0.4 is 4.74 Å². The Balaban J connectivity index is 2.34. The zero-order chi connectivity index (χ0) is 13.2. The molecule has 2 rings (SSSR count). The van der Waals surface area contributed by atoms with Gasteiger partial charge in [-0.25, -0.2) is 0 Å². The highest BCUT2D eigenvalue weighted by Crippen LogP contribution is 2.37. The molecule has 98 valence electrons. The van der Waals surface area contributed by atoms with Crippen LogP contribution in [0.1, 0.15) is 43.7 Å². The molecule has 0 saturated carbocycles. The number of hydrogen-bond acceptors (Lipinski definition) is 3. The number of carbonyl (C=O) groups is 1. The molecule has 0 unspecified atom stereocenters. The molecule has 0 bridgehead atoms. The fourth-order valence-corrected chi connectivity index (χ4v) is 2.26. The zero-order valence-electron chi connectivity index (χ0n) is 11.2. The topological polar surface area (TPSA) is 35.5 Å². The van der Waals surface area contributed by atoms with Crippen molar-refractivity contribution in [3.63, 3.8) is 0 Å². The molecule has 1 aromatic carbocycles. The molecule has 0 aromatic heterocycles. The molecule has 0 spiro atoms. The third-order valence-electron chi connectivity index (χ3n) is 3.23. The first-order valence-corrected chi connectivity index (χ1v) is 6.39. The number of aryl methyl sites for hydroxylation is 1. The van der Waals surface area contributed by atoms with Crippen LogP contribution in [0.5, 0.6) is 5.75 Å². The highest BCUT2D eigenvalue weighted by Gasteiger charge is 2.30. The van der Waals surface area contributed by atoms with Gasteiger partial charge in [0.15, 0.2) is 0 Å². The summed E-state index contributed by atoms with van der Waals surface area (Å²) in [6, 6.07) is 6.21. The summed E-state index contributed by atoms with van der Waals surface area (Å²) in [5, 5.41) is 0. The summed E-state index contributed by atoms with van der Waals surface area (Å²) in [6.07, 6.45) is 2.32. The average molecular weight is 248 g/mol. The predicted octanol–water partition coefficient (Wildman–Crippen LogP) is 3.20. The Hall–Kier alpha value is -1.35. The molecule has 18 heavy (non-hydrogen) atoms. The van der Waals surface area contributed by atoms with Gasteiger partial charge in [-0.1, -0.05) is 12.1 Å². The predicted molar refractivity (Wildman–Crippen MR) is 69.9 cm³/mol. The number of fused-ring (bicyclic) bond motifs is 1. The Kier molecular flexibility index (Phi) is 3.71. The SMILES string of the molecule is Cc1ccc2c(c1)OC(C)(C)OC[C@H]2CCC=O. The number of rotatable bonds is 3. The summed E-state index contributed by atoms with van der Waals surface area (Å²) < 4.78 is 11.7. The van der Waals surface area contributed by atoms with Gasteiger partial charge in [0.2, 0.25) is 5.79 Å². The van der Waals surface area contributed by atoms with Crippen molar-refractivity contribution in [2.24, 2.45) is 0 Å². The molecule has 1 heterocycles. The van der Waals surface area contributed by atoms with E-state index in [1.54, 1.807) is 0 Å². The van der Waals surface area contributed by atoms with Gasteiger partial charge in [0.05, 0.1) is 6.61 Å². The molecule has 3 nitrogen and oxygen atoms in total. The van der Waals surface area contributed by atoms with E-state index in [1.807, 2.05) is 26.8 Å². The van der Waals surface area contributed by atoms with Gasteiger partial charge >= 0.3 is 0 Å². The molecule has 3 heteroatoms. The number of hydrogen-bond donors (Lipinski definition) is 0. The lowest BCUT2D eigenvalue weighted by atomic mass is 9.93. The Morgan fingerprint density at radius 3 is 2.94 bits per heavy atom. The van der Waals surface area contributed by atoms with Crippen LogP contribution in [0.15, 0.2) is 18.2 Å². The van der Waals surface area contributed by atoms with Crippen LogP contribution in [-0.2, 0) is 9.53 Å². The quantitative estimate of drug-likeness (QED) is 0.770. The van der Waals surface area contributed by atoms with Gasteiger partial charge < -0.3 is 14.3 Å². The standard InChI is InChI=1S/C15H20O3/c1-11-6-7-13-12(5-4-8-16)10-17-15(2,3)18-14(13)9-11/h6-9,12H,4-5,10H2,1-3H3/t12-/m1/s1. The lowest BCUT2D eigenvalue weighted by molar-refractivity contribution is -0.152. The zero-order valence-corrected chi connectivity index (χ0v) is 11.2. The second-order valence-corrected chi connectivity index (χ2v) is 5.30. The van der Waals surface area contributed by atoms with E-state index in [4.69, 9.17) is 9.47 Å². The molecule has 1 aromatic rings. The summed E-state index contributed by atoms with van der Waals surface area (Å²) in [7, 11) is 0. The van der Waals surface area contributed by atoms with E-state index in [-0.39, 0.29) is 5.92 Å². The Bertz CT molecular complexity index is 437. The Labute approximate surface area is 108 Å². The minimum atomic E-state index is -0.613. The van der Waals surface area contributed by atoms with Crippen molar-refractivity contribution in [2.45, 2.75) is 45.3 Å². The van der Waals surface area contributed by atoms with Crippen LogP contribution in [0.25, 0.3) is 0 Å². The molecular weight excluding hydrogens is 228 g/mol.